The molecule has 0 N–H and O–H groups in total. The Labute approximate surface area is 154 Å². The van der Waals surface area contributed by atoms with Crippen LogP contribution in [0.1, 0.15) is 16.0 Å². The van der Waals surface area contributed by atoms with E-state index in [1.54, 1.807) is 33.5 Å². The molecule has 0 aliphatic heterocycles. The maximum atomic E-state index is 12.7. The second kappa shape index (κ2) is 7.17. The first kappa shape index (κ1) is 17.9. The van der Waals surface area contributed by atoms with Gasteiger partial charge in [0.2, 0.25) is 0 Å². The smallest absolute Gasteiger partial charge is 0.282 e. The van der Waals surface area contributed by atoms with Crippen molar-refractivity contribution < 1.29 is 14.2 Å². The largest absolute Gasteiger partial charge is 0.496 e. The van der Waals surface area contributed by atoms with E-state index < -0.39 is 0 Å². The third-order valence-electron chi connectivity index (χ3n) is 4.14. The number of hydrogen-bond acceptors (Lipinski definition) is 7. The lowest BCUT2D eigenvalue weighted by molar-refractivity contribution is 0.374. The van der Waals surface area contributed by atoms with Crippen LogP contribution in [0.5, 0.6) is 17.2 Å². The van der Waals surface area contributed by atoms with Crippen LogP contribution in [0.2, 0.25) is 0 Å². The molecule has 0 saturated heterocycles. The number of ether oxygens (including phenoxy) is 3. The van der Waals surface area contributed by atoms with Crippen LogP contribution in [0.3, 0.4) is 0 Å². The van der Waals surface area contributed by atoms with Crippen LogP contribution in [0.4, 0.5) is 0 Å². The molecule has 2 heterocycles. The number of fused-ring (bicyclic) bond motifs is 1. The highest BCUT2D eigenvalue weighted by atomic mass is 32.1. The van der Waals surface area contributed by atoms with Crippen molar-refractivity contribution in [1.82, 2.24) is 9.66 Å². The number of aromatic nitrogens is 2. The fourth-order valence-corrected chi connectivity index (χ4v) is 3.58. The van der Waals surface area contributed by atoms with Crippen molar-refractivity contribution in [2.24, 2.45) is 5.10 Å². The number of aryl methyl sites for hydroxylation is 2. The molecule has 0 amide bonds. The fraction of sp³-hybridized carbons (Fsp3) is 0.278. The molecule has 7 nitrogen and oxygen atoms in total. The molecule has 0 atom stereocenters. The Morgan fingerprint density at radius 3 is 2.35 bits per heavy atom. The SMILES string of the molecule is COc1cc(OC)c(/C=N/n2cnc3sc(C)c(C)c3c2=O)c(OC)c1. The summed E-state index contributed by atoms with van der Waals surface area (Å²) in [7, 11) is 4.65. The summed E-state index contributed by atoms with van der Waals surface area (Å²) >= 11 is 1.50. The summed E-state index contributed by atoms with van der Waals surface area (Å²) in [5.74, 6) is 1.64. The molecule has 26 heavy (non-hydrogen) atoms. The highest BCUT2D eigenvalue weighted by molar-refractivity contribution is 7.18. The molecule has 8 heteroatoms. The minimum absolute atomic E-state index is 0.209. The van der Waals surface area contributed by atoms with E-state index in [-0.39, 0.29) is 5.56 Å². The third-order valence-corrected chi connectivity index (χ3v) is 5.25. The minimum atomic E-state index is -0.209. The Morgan fingerprint density at radius 2 is 1.77 bits per heavy atom. The van der Waals surface area contributed by atoms with Gasteiger partial charge in [0.25, 0.3) is 5.56 Å². The second-order valence-corrected chi connectivity index (χ2v) is 6.75. The lowest BCUT2D eigenvalue weighted by atomic mass is 10.2. The zero-order chi connectivity index (χ0) is 18.8. The van der Waals surface area contributed by atoms with Crippen LogP contribution in [-0.4, -0.2) is 37.2 Å². The molecular weight excluding hydrogens is 354 g/mol. The van der Waals surface area contributed by atoms with Gasteiger partial charge in [-0.25, -0.2) is 4.98 Å². The third kappa shape index (κ3) is 3.03. The van der Waals surface area contributed by atoms with Gasteiger partial charge in [-0.3, -0.25) is 4.79 Å². The summed E-state index contributed by atoms with van der Waals surface area (Å²) in [5, 5.41) is 4.87. The summed E-state index contributed by atoms with van der Waals surface area (Å²) in [6.45, 7) is 3.89. The van der Waals surface area contributed by atoms with Gasteiger partial charge in [0.05, 0.1) is 38.5 Å². The Kier molecular flexibility index (Phi) is 4.94. The topological polar surface area (TPSA) is 74.9 Å². The first-order valence-corrected chi connectivity index (χ1v) is 8.63. The first-order chi connectivity index (χ1) is 12.5. The Balaban J connectivity index is 2.11. The number of methoxy groups -OCH3 is 3. The van der Waals surface area contributed by atoms with Crippen molar-refractivity contribution in [2.75, 3.05) is 21.3 Å². The number of thiophene rings is 1. The molecular formula is C18H19N3O4S. The maximum Gasteiger partial charge on any atom is 0.282 e. The van der Waals surface area contributed by atoms with E-state index in [1.807, 2.05) is 13.8 Å². The zero-order valence-electron chi connectivity index (χ0n) is 15.2. The average molecular weight is 373 g/mol. The van der Waals surface area contributed by atoms with Crippen molar-refractivity contribution in [3.63, 3.8) is 0 Å². The van der Waals surface area contributed by atoms with Gasteiger partial charge in [-0.2, -0.15) is 9.78 Å². The molecule has 0 saturated carbocycles. The Hall–Kier alpha value is -2.87. The van der Waals surface area contributed by atoms with E-state index >= 15 is 0 Å². The van der Waals surface area contributed by atoms with E-state index in [4.69, 9.17) is 14.2 Å². The fourth-order valence-electron chi connectivity index (χ4n) is 2.59. The van der Waals surface area contributed by atoms with Crippen molar-refractivity contribution in [3.8, 4) is 17.2 Å². The average Bonchev–Trinajstić information content (AvgIpc) is 2.95. The van der Waals surface area contributed by atoms with Gasteiger partial charge in [0.1, 0.15) is 28.4 Å². The number of benzene rings is 1. The first-order valence-electron chi connectivity index (χ1n) is 7.81. The molecule has 1 aromatic carbocycles. The highest BCUT2D eigenvalue weighted by Gasteiger charge is 2.14. The molecule has 0 aliphatic rings. The summed E-state index contributed by atoms with van der Waals surface area (Å²) < 4.78 is 17.2. The lowest BCUT2D eigenvalue weighted by Gasteiger charge is -2.12. The van der Waals surface area contributed by atoms with Crippen LogP contribution in [-0.2, 0) is 0 Å². The molecule has 136 valence electrons. The molecule has 0 fully saturated rings. The van der Waals surface area contributed by atoms with Gasteiger partial charge in [-0.05, 0) is 19.4 Å². The van der Waals surface area contributed by atoms with Gasteiger partial charge in [0.15, 0.2) is 0 Å². The normalized spacial score (nSPS) is 11.3. The number of rotatable bonds is 5. The van der Waals surface area contributed by atoms with Crippen molar-refractivity contribution >= 4 is 27.8 Å². The van der Waals surface area contributed by atoms with Crippen molar-refractivity contribution in [1.29, 1.82) is 0 Å². The van der Waals surface area contributed by atoms with Crippen molar-refractivity contribution in [3.05, 3.63) is 44.8 Å². The summed E-state index contributed by atoms with van der Waals surface area (Å²) in [6.07, 6.45) is 2.93. The van der Waals surface area contributed by atoms with Crippen LogP contribution < -0.4 is 19.8 Å². The molecule has 0 radical (unpaired) electrons. The standard InChI is InChI=1S/C18H19N3O4S/c1-10-11(2)26-17-16(10)18(22)21(9-19-17)20-8-13-14(24-4)6-12(23-3)7-15(13)25-5/h6-9H,1-5H3/b20-8+. The lowest BCUT2D eigenvalue weighted by Crippen LogP contribution is -2.17. The number of hydrogen-bond donors (Lipinski definition) is 0. The van der Waals surface area contributed by atoms with E-state index in [0.29, 0.717) is 28.2 Å². The maximum absolute atomic E-state index is 12.7. The van der Waals surface area contributed by atoms with Gasteiger partial charge in [-0.15, -0.1) is 11.3 Å². The van der Waals surface area contributed by atoms with Gasteiger partial charge in [0, 0.05) is 17.0 Å². The van der Waals surface area contributed by atoms with Crippen LogP contribution >= 0.6 is 11.3 Å². The quantitative estimate of drug-likeness (QED) is 0.643. The second-order valence-electron chi connectivity index (χ2n) is 5.55. The molecule has 0 bridgehead atoms. The Morgan fingerprint density at radius 1 is 1.12 bits per heavy atom. The van der Waals surface area contributed by atoms with Crippen LogP contribution in [0.15, 0.2) is 28.4 Å². The molecule has 0 spiro atoms. The predicted octanol–water partition coefficient (Wildman–Crippen LogP) is 2.98. The minimum Gasteiger partial charge on any atom is -0.496 e. The summed E-state index contributed by atoms with van der Waals surface area (Å²) in [6, 6.07) is 3.45. The van der Waals surface area contributed by atoms with Crippen LogP contribution in [0.25, 0.3) is 10.2 Å². The monoisotopic (exact) mass is 373 g/mol. The van der Waals surface area contributed by atoms with E-state index in [1.165, 1.54) is 28.6 Å². The van der Waals surface area contributed by atoms with E-state index in [0.717, 1.165) is 15.3 Å². The van der Waals surface area contributed by atoms with Gasteiger partial charge < -0.3 is 14.2 Å². The summed E-state index contributed by atoms with van der Waals surface area (Å²) in [4.78, 5) is 18.9. The molecule has 2 aromatic heterocycles. The molecule has 3 aromatic rings. The summed E-state index contributed by atoms with van der Waals surface area (Å²) in [5.41, 5.74) is 1.33. The Bertz CT molecular complexity index is 1030. The highest BCUT2D eigenvalue weighted by Crippen LogP contribution is 2.32. The molecule has 0 unspecified atom stereocenters. The molecule has 3 rings (SSSR count). The van der Waals surface area contributed by atoms with E-state index in [9.17, 15) is 4.79 Å². The molecule has 0 aliphatic carbocycles. The van der Waals surface area contributed by atoms with Crippen molar-refractivity contribution in [2.45, 2.75) is 13.8 Å². The predicted molar refractivity (Wildman–Crippen MR) is 102 cm³/mol. The number of nitrogens with zero attached hydrogens (tertiary/aromatic N) is 3. The zero-order valence-corrected chi connectivity index (χ0v) is 16.0. The van der Waals surface area contributed by atoms with Gasteiger partial charge in [-0.1, -0.05) is 0 Å². The van der Waals surface area contributed by atoms with Gasteiger partial charge >= 0.3 is 0 Å². The van der Waals surface area contributed by atoms with Crippen LogP contribution in [0, 0.1) is 13.8 Å². The van der Waals surface area contributed by atoms with E-state index in [2.05, 4.69) is 10.1 Å².